The zero-order valence-corrected chi connectivity index (χ0v) is 12.7. The van der Waals surface area contributed by atoms with E-state index < -0.39 is 11.6 Å². The van der Waals surface area contributed by atoms with Gasteiger partial charge in [0.2, 0.25) is 0 Å². The molecule has 2 fully saturated rings. The molecule has 4 heteroatoms. The van der Waals surface area contributed by atoms with Crippen LogP contribution in [-0.2, 0) is 14.2 Å². The van der Waals surface area contributed by atoms with Gasteiger partial charge in [0, 0.05) is 12.8 Å². The summed E-state index contributed by atoms with van der Waals surface area (Å²) in [7, 11) is 0. The third kappa shape index (κ3) is 2.17. The van der Waals surface area contributed by atoms with Crippen molar-refractivity contribution in [2.24, 2.45) is 0 Å². The highest BCUT2D eigenvalue weighted by atomic mass is 79.9. The Labute approximate surface area is 117 Å². The third-order valence-corrected chi connectivity index (χ3v) is 5.08. The summed E-state index contributed by atoms with van der Waals surface area (Å²) in [4.78, 5) is 0.114. The fourth-order valence-corrected chi connectivity index (χ4v) is 3.69. The highest BCUT2D eigenvalue weighted by Gasteiger charge is 2.54. The predicted molar refractivity (Wildman–Crippen MR) is 72.6 cm³/mol. The normalized spacial score (nSPS) is 46.9. The van der Waals surface area contributed by atoms with Crippen molar-refractivity contribution in [1.82, 2.24) is 0 Å². The van der Waals surface area contributed by atoms with E-state index in [4.69, 9.17) is 14.2 Å². The maximum absolute atomic E-state index is 6.33. The van der Waals surface area contributed by atoms with Gasteiger partial charge in [0.1, 0.15) is 0 Å². The van der Waals surface area contributed by atoms with Crippen molar-refractivity contribution < 1.29 is 14.2 Å². The first-order valence-electron chi connectivity index (χ1n) is 6.83. The smallest absolute Gasteiger partial charge is 0.191 e. The van der Waals surface area contributed by atoms with Gasteiger partial charge in [-0.25, -0.2) is 0 Å². The maximum Gasteiger partial charge on any atom is 0.191 e. The number of hydrogen-bond donors (Lipinski definition) is 0. The molecule has 0 aromatic carbocycles. The molecule has 0 radical (unpaired) electrons. The molecule has 3 nitrogen and oxygen atoms in total. The first-order chi connectivity index (χ1) is 8.46. The Bertz CT molecular complexity index is 360. The first kappa shape index (κ1) is 13.1. The zero-order chi connectivity index (χ0) is 12.9. The van der Waals surface area contributed by atoms with Gasteiger partial charge >= 0.3 is 0 Å². The Kier molecular flexibility index (Phi) is 3.13. The Morgan fingerprint density at radius 3 is 2.56 bits per heavy atom. The lowest BCUT2D eigenvalue weighted by Crippen LogP contribution is -2.55. The summed E-state index contributed by atoms with van der Waals surface area (Å²) in [5.41, 5.74) is -0.112. The van der Waals surface area contributed by atoms with Crippen molar-refractivity contribution in [3.05, 3.63) is 12.2 Å². The van der Waals surface area contributed by atoms with Crippen LogP contribution >= 0.6 is 15.9 Å². The lowest BCUT2D eigenvalue weighted by molar-refractivity contribution is -0.353. The molecule has 0 aromatic heterocycles. The van der Waals surface area contributed by atoms with Gasteiger partial charge in [0.25, 0.3) is 0 Å². The van der Waals surface area contributed by atoms with Crippen LogP contribution in [0.1, 0.15) is 46.0 Å². The molecule has 102 valence electrons. The van der Waals surface area contributed by atoms with Crippen LogP contribution in [0.25, 0.3) is 0 Å². The SMILES string of the molecule is CC1(C)CC[C@@]2(C=C[C@H](Br)[C@]3(CCCCO3)O2)O1. The minimum Gasteiger partial charge on any atom is -0.348 e. The van der Waals surface area contributed by atoms with Crippen molar-refractivity contribution in [3.8, 4) is 0 Å². The quantitative estimate of drug-likeness (QED) is 0.505. The Hall–Kier alpha value is 0.1000. The van der Waals surface area contributed by atoms with Gasteiger partial charge in [0.05, 0.1) is 17.0 Å². The Balaban J connectivity index is 1.86. The van der Waals surface area contributed by atoms with Crippen LogP contribution in [0, 0.1) is 0 Å². The highest BCUT2D eigenvalue weighted by Crippen LogP contribution is 2.48. The lowest BCUT2D eigenvalue weighted by atomic mass is 9.96. The average Bonchev–Trinajstić information content (AvgIpc) is 2.62. The van der Waals surface area contributed by atoms with E-state index in [0.29, 0.717) is 0 Å². The summed E-state index contributed by atoms with van der Waals surface area (Å²) < 4.78 is 18.4. The molecular weight excluding hydrogens is 296 g/mol. The minimum absolute atomic E-state index is 0.112. The van der Waals surface area contributed by atoms with Crippen LogP contribution in [0.4, 0.5) is 0 Å². The van der Waals surface area contributed by atoms with Crippen molar-refractivity contribution in [2.75, 3.05) is 6.61 Å². The van der Waals surface area contributed by atoms with Crippen LogP contribution in [-0.4, -0.2) is 28.6 Å². The molecule has 2 spiro atoms. The number of halogens is 1. The van der Waals surface area contributed by atoms with Crippen molar-refractivity contribution in [3.63, 3.8) is 0 Å². The van der Waals surface area contributed by atoms with E-state index in [1.165, 1.54) is 0 Å². The number of hydrogen-bond acceptors (Lipinski definition) is 3. The topological polar surface area (TPSA) is 27.7 Å². The Morgan fingerprint density at radius 2 is 1.94 bits per heavy atom. The average molecular weight is 317 g/mol. The second-order valence-corrected chi connectivity index (χ2v) is 7.14. The summed E-state index contributed by atoms with van der Waals surface area (Å²) >= 11 is 3.67. The van der Waals surface area contributed by atoms with Crippen LogP contribution in [0.2, 0.25) is 0 Å². The van der Waals surface area contributed by atoms with Gasteiger partial charge in [-0.15, -0.1) is 0 Å². The maximum atomic E-state index is 6.33. The molecular formula is C14H21BrO3. The van der Waals surface area contributed by atoms with Gasteiger partial charge in [-0.2, -0.15) is 0 Å². The molecule has 3 rings (SSSR count). The molecule has 0 bridgehead atoms. The molecule has 3 heterocycles. The van der Waals surface area contributed by atoms with Crippen molar-refractivity contribution in [2.45, 2.75) is 68.0 Å². The molecule has 0 N–H and O–H groups in total. The van der Waals surface area contributed by atoms with Crippen molar-refractivity contribution in [1.29, 1.82) is 0 Å². The molecule has 18 heavy (non-hydrogen) atoms. The fraction of sp³-hybridized carbons (Fsp3) is 0.857. The summed E-state index contributed by atoms with van der Waals surface area (Å²) in [5, 5.41) is 0. The second kappa shape index (κ2) is 4.30. The minimum atomic E-state index is -0.578. The van der Waals surface area contributed by atoms with Gasteiger partial charge in [-0.3, -0.25) is 0 Å². The van der Waals surface area contributed by atoms with Crippen LogP contribution in [0.3, 0.4) is 0 Å². The van der Waals surface area contributed by atoms with E-state index in [9.17, 15) is 0 Å². The van der Waals surface area contributed by atoms with Gasteiger partial charge in [-0.1, -0.05) is 22.0 Å². The van der Waals surface area contributed by atoms with E-state index in [-0.39, 0.29) is 10.4 Å². The summed E-state index contributed by atoms with van der Waals surface area (Å²) in [5.74, 6) is -1.11. The van der Waals surface area contributed by atoms with Gasteiger partial charge in [-0.05, 0) is 39.2 Å². The molecule has 0 amide bonds. The summed E-state index contributed by atoms with van der Waals surface area (Å²) in [6.07, 6.45) is 9.31. The molecule has 3 aliphatic rings. The molecule has 0 aromatic rings. The van der Waals surface area contributed by atoms with Gasteiger partial charge in [0.15, 0.2) is 11.6 Å². The monoisotopic (exact) mass is 316 g/mol. The molecule has 3 aliphatic heterocycles. The van der Waals surface area contributed by atoms with Crippen LogP contribution in [0.5, 0.6) is 0 Å². The molecule has 0 aliphatic carbocycles. The van der Waals surface area contributed by atoms with Crippen LogP contribution < -0.4 is 0 Å². The van der Waals surface area contributed by atoms with E-state index in [0.717, 1.165) is 38.7 Å². The number of rotatable bonds is 0. The lowest BCUT2D eigenvalue weighted by Gasteiger charge is -2.47. The first-order valence-corrected chi connectivity index (χ1v) is 7.75. The van der Waals surface area contributed by atoms with Crippen LogP contribution in [0.15, 0.2) is 12.2 Å². The zero-order valence-electron chi connectivity index (χ0n) is 11.1. The number of alkyl halides is 1. The van der Waals surface area contributed by atoms with E-state index >= 15 is 0 Å². The Morgan fingerprint density at radius 1 is 1.11 bits per heavy atom. The fourth-order valence-electron chi connectivity index (χ4n) is 3.08. The predicted octanol–water partition coefficient (Wildman–Crippen LogP) is 3.52. The van der Waals surface area contributed by atoms with Gasteiger partial charge < -0.3 is 14.2 Å². The molecule has 2 saturated heterocycles. The largest absolute Gasteiger partial charge is 0.348 e. The van der Waals surface area contributed by atoms with E-state index in [1.807, 2.05) is 0 Å². The van der Waals surface area contributed by atoms with E-state index in [1.54, 1.807) is 0 Å². The van der Waals surface area contributed by atoms with E-state index in [2.05, 4.69) is 41.9 Å². The summed E-state index contributed by atoms with van der Waals surface area (Å²) in [6.45, 7) is 5.01. The highest BCUT2D eigenvalue weighted by molar-refractivity contribution is 9.09. The summed E-state index contributed by atoms with van der Waals surface area (Å²) in [6, 6.07) is 0. The van der Waals surface area contributed by atoms with Crippen molar-refractivity contribution >= 4 is 15.9 Å². The standard InChI is InChI=1S/C14H21BrO3/c1-12(2)8-9-13(17-12)7-5-11(15)14(18-13)6-3-4-10-16-14/h5,7,11H,3-4,6,8-10H2,1-2H3/t11-,13-,14-/m0/s1. The number of ether oxygens (including phenoxy) is 3. The molecule has 0 unspecified atom stereocenters. The third-order valence-electron chi connectivity index (χ3n) is 4.08. The molecule has 3 atom stereocenters. The second-order valence-electron chi connectivity index (χ2n) is 6.15. The molecule has 0 saturated carbocycles.